The summed E-state index contributed by atoms with van der Waals surface area (Å²) in [5, 5.41) is 2.00. The molecule has 0 aliphatic carbocycles. The van der Waals surface area contributed by atoms with E-state index in [-0.39, 0.29) is 39.8 Å². The Hall–Kier alpha value is -3.81. The molecule has 1 aliphatic heterocycles. The number of furan rings is 1. The lowest BCUT2D eigenvalue weighted by Crippen LogP contribution is -2.27. The number of nitrogens with zero attached hydrogens (tertiary/aromatic N) is 1. The Bertz CT molecular complexity index is 1530. The molecule has 1 aromatic heterocycles. The zero-order valence-electron chi connectivity index (χ0n) is 19.2. The highest BCUT2D eigenvalue weighted by Gasteiger charge is 2.35. The highest BCUT2D eigenvalue weighted by Crippen LogP contribution is 2.35. The zero-order chi connectivity index (χ0) is 25.2. The number of halogens is 1. The molecule has 8 heteroatoms. The van der Waals surface area contributed by atoms with E-state index in [0.717, 1.165) is 28.1 Å². The molecule has 6 nitrogen and oxygen atoms in total. The van der Waals surface area contributed by atoms with Crippen LogP contribution in [0, 0.1) is 0 Å². The first-order valence-electron chi connectivity index (χ1n) is 11.2. The van der Waals surface area contributed by atoms with Gasteiger partial charge in [-0.1, -0.05) is 54.1 Å². The largest absolute Gasteiger partial charge is 0.462 e. The molecule has 0 saturated carbocycles. The highest BCUT2D eigenvalue weighted by molar-refractivity contribution is 8.18. The van der Waals surface area contributed by atoms with Crippen LogP contribution in [0.5, 0.6) is 0 Å². The molecular formula is C28H20ClNO5S. The van der Waals surface area contributed by atoms with E-state index < -0.39 is 5.97 Å². The van der Waals surface area contributed by atoms with Gasteiger partial charge >= 0.3 is 5.97 Å². The van der Waals surface area contributed by atoms with Crippen molar-refractivity contribution in [3.05, 3.63) is 99.6 Å². The standard InChI is InChI=1S/C28H20ClNO5S/c1-2-34-27(32)22-14-18(10-12-23(22)29)24-13-11-20(35-24)15-25-26(31)30(28(33)36-25)16-19-8-5-7-17-6-3-4-9-21(17)19/h3-15H,2,16H2,1H3/b25-15-. The first kappa shape index (κ1) is 23.9. The van der Waals surface area contributed by atoms with Gasteiger partial charge in [-0.05, 0) is 65.4 Å². The number of hydrogen-bond acceptors (Lipinski definition) is 6. The van der Waals surface area contributed by atoms with Gasteiger partial charge < -0.3 is 9.15 Å². The number of amides is 2. The highest BCUT2D eigenvalue weighted by atomic mass is 35.5. The molecule has 0 radical (unpaired) electrons. The van der Waals surface area contributed by atoms with Gasteiger partial charge in [-0.15, -0.1) is 0 Å². The van der Waals surface area contributed by atoms with Gasteiger partial charge in [0.15, 0.2) is 0 Å². The lowest BCUT2D eigenvalue weighted by atomic mass is 10.0. The van der Waals surface area contributed by atoms with Crippen LogP contribution in [0.15, 0.2) is 82.1 Å². The van der Waals surface area contributed by atoms with Crippen molar-refractivity contribution in [1.82, 2.24) is 4.90 Å². The number of imide groups is 1. The molecule has 1 fully saturated rings. The molecule has 180 valence electrons. The summed E-state index contributed by atoms with van der Waals surface area (Å²) >= 11 is 7.03. The van der Waals surface area contributed by atoms with Crippen LogP contribution in [0.1, 0.15) is 28.6 Å². The second-order valence-electron chi connectivity index (χ2n) is 8.02. The van der Waals surface area contributed by atoms with E-state index in [2.05, 4.69) is 0 Å². The van der Waals surface area contributed by atoms with Gasteiger partial charge in [0.2, 0.25) is 0 Å². The topological polar surface area (TPSA) is 76.8 Å². The number of carbonyl (C=O) groups is 3. The third kappa shape index (κ3) is 4.67. The summed E-state index contributed by atoms with van der Waals surface area (Å²) in [5.74, 6) is 0.00900. The summed E-state index contributed by atoms with van der Waals surface area (Å²) < 4.78 is 10.9. The van der Waals surface area contributed by atoms with Gasteiger partial charge in [0.25, 0.3) is 11.1 Å². The monoisotopic (exact) mass is 517 g/mol. The van der Waals surface area contributed by atoms with E-state index in [1.54, 1.807) is 43.3 Å². The molecule has 0 N–H and O–H groups in total. The Morgan fingerprint density at radius 2 is 1.86 bits per heavy atom. The summed E-state index contributed by atoms with van der Waals surface area (Å²) in [4.78, 5) is 39.4. The average molecular weight is 518 g/mol. The SMILES string of the molecule is CCOC(=O)c1cc(-c2ccc(/C=C3\SC(=O)N(Cc4cccc5ccccc45)C3=O)o2)ccc1Cl. The van der Waals surface area contributed by atoms with E-state index in [9.17, 15) is 14.4 Å². The van der Waals surface area contributed by atoms with E-state index in [4.69, 9.17) is 20.8 Å². The van der Waals surface area contributed by atoms with E-state index in [0.29, 0.717) is 17.1 Å². The summed E-state index contributed by atoms with van der Waals surface area (Å²) in [5.41, 5.74) is 1.77. The minimum atomic E-state index is -0.518. The normalized spacial score (nSPS) is 14.7. The number of thioether (sulfide) groups is 1. The van der Waals surface area contributed by atoms with Gasteiger partial charge in [0.1, 0.15) is 11.5 Å². The third-order valence-corrected chi connectivity index (χ3v) is 6.97. The number of esters is 1. The predicted molar refractivity (Wildman–Crippen MR) is 141 cm³/mol. The molecule has 0 bridgehead atoms. The van der Waals surface area contributed by atoms with Crippen LogP contribution in [-0.2, 0) is 16.1 Å². The number of rotatable bonds is 6. The Morgan fingerprint density at radius 3 is 2.69 bits per heavy atom. The molecule has 1 aliphatic rings. The third-order valence-electron chi connectivity index (χ3n) is 5.73. The van der Waals surface area contributed by atoms with Crippen LogP contribution in [0.2, 0.25) is 5.02 Å². The summed E-state index contributed by atoms with van der Waals surface area (Å²) in [6.07, 6.45) is 1.56. The molecule has 0 unspecified atom stereocenters. The molecule has 1 saturated heterocycles. The maximum absolute atomic E-state index is 13.1. The molecule has 36 heavy (non-hydrogen) atoms. The fourth-order valence-corrected chi connectivity index (χ4v) is 5.01. The minimum Gasteiger partial charge on any atom is -0.462 e. The Kier molecular flexibility index (Phi) is 6.67. The molecule has 3 aromatic carbocycles. The lowest BCUT2D eigenvalue weighted by molar-refractivity contribution is -0.123. The molecule has 4 aromatic rings. The number of hydrogen-bond donors (Lipinski definition) is 0. The summed E-state index contributed by atoms with van der Waals surface area (Å²) in [7, 11) is 0. The fraction of sp³-hybridized carbons (Fsp3) is 0.107. The number of fused-ring (bicyclic) bond motifs is 1. The zero-order valence-corrected chi connectivity index (χ0v) is 20.8. The fourth-order valence-electron chi connectivity index (χ4n) is 4.00. The van der Waals surface area contributed by atoms with Crippen molar-refractivity contribution in [3.8, 4) is 11.3 Å². The number of carbonyl (C=O) groups excluding carboxylic acids is 3. The van der Waals surface area contributed by atoms with Gasteiger partial charge in [-0.3, -0.25) is 14.5 Å². The van der Waals surface area contributed by atoms with Crippen molar-refractivity contribution in [1.29, 1.82) is 0 Å². The molecule has 2 heterocycles. The average Bonchev–Trinajstić information content (AvgIpc) is 3.45. The van der Waals surface area contributed by atoms with E-state index >= 15 is 0 Å². The van der Waals surface area contributed by atoms with Crippen molar-refractivity contribution < 1.29 is 23.5 Å². The minimum absolute atomic E-state index is 0.189. The second-order valence-corrected chi connectivity index (χ2v) is 9.42. The van der Waals surface area contributed by atoms with E-state index in [1.165, 1.54) is 4.90 Å². The van der Waals surface area contributed by atoms with Crippen molar-refractivity contribution in [2.75, 3.05) is 6.61 Å². The van der Waals surface area contributed by atoms with Gasteiger partial charge in [-0.25, -0.2) is 4.79 Å². The molecular weight excluding hydrogens is 498 g/mol. The molecule has 5 rings (SSSR count). The van der Waals surface area contributed by atoms with Crippen LogP contribution in [0.25, 0.3) is 28.2 Å². The quantitative estimate of drug-likeness (QED) is 0.199. The molecule has 2 amide bonds. The lowest BCUT2D eigenvalue weighted by Gasteiger charge is -2.14. The van der Waals surface area contributed by atoms with Gasteiger partial charge in [-0.2, -0.15) is 0 Å². The van der Waals surface area contributed by atoms with Crippen LogP contribution >= 0.6 is 23.4 Å². The van der Waals surface area contributed by atoms with Gasteiger partial charge in [0.05, 0.1) is 28.6 Å². The van der Waals surface area contributed by atoms with Crippen LogP contribution in [-0.4, -0.2) is 28.6 Å². The van der Waals surface area contributed by atoms with Crippen molar-refractivity contribution in [2.24, 2.45) is 0 Å². The van der Waals surface area contributed by atoms with Crippen LogP contribution in [0.3, 0.4) is 0 Å². The molecule has 0 spiro atoms. The maximum atomic E-state index is 13.1. The number of benzene rings is 3. The van der Waals surface area contributed by atoms with Crippen molar-refractivity contribution in [3.63, 3.8) is 0 Å². The Balaban J connectivity index is 1.37. The molecule has 0 atom stereocenters. The second kappa shape index (κ2) is 10.0. The maximum Gasteiger partial charge on any atom is 0.339 e. The first-order valence-corrected chi connectivity index (χ1v) is 12.4. The van der Waals surface area contributed by atoms with E-state index in [1.807, 2.05) is 42.5 Å². The number of ether oxygens (including phenoxy) is 1. The Morgan fingerprint density at radius 1 is 1.06 bits per heavy atom. The van der Waals surface area contributed by atoms with Crippen molar-refractivity contribution >= 4 is 57.3 Å². The Labute approximate surface area is 216 Å². The smallest absolute Gasteiger partial charge is 0.339 e. The summed E-state index contributed by atoms with van der Waals surface area (Å²) in [6.45, 7) is 2.15. The summed E-state index contributed by atoms with van der Waals surface area (Å²) in [6, 6.07) is 22.1. The van der Waals surface area contributed by atoms with Crippen LogP contribution < -0.4 is 0 Å². The van der Waals surface area contributed by atoms with Crippen molar-refractivity contribution in [2.45, 2.75) is 13.5 Å². The van der Waals surface area contributed by atoms with Gasteiger partial charge in [0, 0.05) is 11.6 Å². The first-order chi connectivity index (χ1) is 17.4. The predicted octanol–water partition coefficient (Wildman–Crippen LogP) is 7.17. The van der Waals surface area contributed by atoms with Crippen LogP contribution in [0.4, 0.5) is 4.79 Å².